The SMILES string of the molecule is CC(C)c1ccccc1Oc1ncc(CO)cn1. The van der Waals surface area contributed by atoms with Gasteiger partial charge in [0.1, 0.15) is 5.75 Å². The molecule has 0 radical (unpaired) electrons. The quantitative estimate of drug-likeness (QED) is 0.898. The van der Waals surface area contributed by atoms with Gasteiger partial charge in [-0.15, -0.1) is 0 Å². The van der Waals surface area contributed by atoms with E-state index >= 15 is 0 Å². The Morgan fingerprint density at radius 1 is 1.17 bits per heavy atom. The molecule has 1 aromatic heterocycles. The van der Waals surface area contributed by atoms with E-state index in [1.165, 1.54) is 0 Å². The van der Waals surface area contributed by atoms with Gasteiger partial charge in [0.15, 0.2) is 0 Å². The Morgan fingerprint density at radius 3 is 2.44 bits per heavy atom. The van der Waals surface area contributed by atoms with Crippen molar-refractivity contribution in [2.45, 2.75) is 26.4 Å². The fourth-order valence-electron chi connectivity index (χ4n) is 1.63. The molecule has 0 atom stereocenters. The highest BCUT2D eigenvalue weighted by Crippen LogP contribution is 2.28. The lowest BCUT2D eigenvalue weighted by Crippen LogP contribution is -1.97. The van der Waals surface area contributed by atoms with E-state index in [0.717, 1.165) is 11.3 Å². The van der Waals surface area contributed by atoms with Crippen molar-refractivity contribution in [3.05, 3.63) is 47.8 Å². The van der Waals surface area contributed by atoms with Crippen molar-refractivity contribution in [3.8, 4) is 11.8 Å². The number of hydrogen-bond donors (Lipinski definition) is 1. The van der Waals surface area contributed by atoms with Crippen LogP contribution in [0.25, 0.3) is 0 Å². The highest BCUT2D eigenvalue weighted by Gasteiger charge is 2.09. The summed E-state index contributed by atoms with van der Waals surface area (Å²) in [6, 6.07) is 8.13. The topological polar surface area (TPSA) is 55.2 Å². The molecule has 2 aromatic rings. The largest absolute Gasteiger partial charge is 0.424 e. The predicted octanol–water partition coefficient (Wildman–Crippen LogP) is 2.88. The molecule has 0 aliphatic carbocycles. The summed E-state index contributed by atoms with van der Waals surface area (Å²) >= 11 is 0. The molecule has 4 nitrogen and oxygen atoms in total. The first-order valence-corrected chi connectivity index (χ1v) is 5.89. The summed E-state index contributed by atoms with van der Waals surface area (Å²) in [5, 5.41) is 8.91. The summed E-state index contributed by atoms with van der Waals surface area (Å²) in [7, 11) is 0. The van der Waals surface area contributed by atoms with Gasteiger partial charge in [-0.25, -0.2) is 9.97 Å². The number of nitrogens with zero attached hydrogens (tertiary/aromatic N) is 2. The molecular weight excluding hydrogens is 228 g/mol. The van der Waals surface area contributed by atoms with Crippen LogP contribution >= 0.6 is 0 Å². The Labute approximate surface area is 106 Å². The number of aliphatic hydroxyl groups is 1. The fraction of sp³-hybridized carbons (Fsp3) is 0.286. The fourth-order valence-corrected chi connectivity index (χ4v) is 1.63. The first-order valence-electron chi connectivity index (χ1n) is 5.89. The van der Waals surface area contributed by atoms with E-state index < -0.39 is 0 Å². The molecule has 1 N–H and O–H groups in total. The van der Waals surface area contributed by atoms with Gasteiger partial charge in [-0.2, -0.15) is 0 Å². The number of aliphatic hydroxyl groups excluding tert-OH is 1. The third-order valence-corrected chi connectivity index (χ3v) is 2.61. The molecule has 0 aliphatic heterocycles. The Bertz CT molecular complexity index is 509. The molecule has 2 rings (SSSR count). The molecule has 0 aliphatic rings. The number of benzene rings is 1. The van der Waals surface area contributed by atoms with Crippen molar-refractivity contribution in [3.63, 3.8) is 0 Å². The summed E-state index contributed by atoms with van der Waals surface area (Å²) in [5.74, 6) is 1.14. The van der Waals surface area contributed by atoms with Crippen LogP contribution in [0.5, 0.6) is 11.8 Å². The van der Waals surface area contributed by atoms with Gasteiger partial charge in [0.05, 0.1) is 6.61 Å². The van der Waals surface area contributed by atoms with Crippen molar-refractivity contribution in [1.29, 1.82) is 0 Å². The van der Waals surface area contributed by atoms with Crippen LogP contribution in [-0.2, 0) is 6.61 Å². The van der Waals surface area contributed by atoms with E-state index in [1.54, 1.807) is 12.4 Å². The number of hydrogen-bond acceptors (Lipinski definition) is 4. The maximum Gasteiger partial charge on any atom is 0.321 e. The van der Waals surface area contributed by atoms with Crippen LogP contribution in [0.3, 0.4) is 0 Å². The number of rotatable bonds is 4. The van der Waals surface area contributed by atoms with E-state index in [-0.39, 0.29) is 6.61 Å². The normalized spacial score (nSPS) is 10.7. The van der Waals surface area contributed by atoms with Gasteiger partial charge in [-0.05, 0) is 17.5 Å². The second kappa shape index (κ2) is 5.60. The zero-order valence-corrected chi connectivity index (χ0v) is 10.5. The summed E-state index contributed by atoms with van der Waals surface area (Å²) in [6.45, 7) is 4.15. The smallest absolute Gasteiger partial charge is 0.321 e. The third-order valence-electron chi connectivity index (χ3n) is 2.61. The van der Waals surface area contributed by atoms with Crippen molar-refractivity contribution in [2.75, 3.05) is 0 Å². The Balaban J connectivity index is 2.22. The molecular formula is C14H16N2O2. The molecule has 0 unspecified atom stereocenters. The van der Waals surface area contributed by atoms with Crippen molar-refractivity contribution in [1.82, 2.24) is 9.97 Å². The molecule has 1 aromatic carbocycles. The molecule has 0 amide bonds. The van der Waals surface area contributed by atoms with Crippen molar-refractivity contribution >= 4 is 0 Å². The number of ether oxygens (including phenoxy) is 1. The van der Waals surface area contributed by atoms with Gasteiger partial charge >= 0.3 is 6.01 Å². The first kappa shape index (κ1) is 12.5. The lowest BCUT2D eigenvalue weighted by molar-refractivity contribution is 0.280. The monoisotopic (exact) mass is 244 g/mol. The zero-order valence-electron chi connectivity index (χ0n) is 10.5. The van der Waals surface area contributed by atoms with Crippen LogP contribution in [0.1, 0.15) is 30.9 Å². The summed E-state index contributed by atoms with van der Waals surface area (Å²) < 4.78 is 5.67. The first-order chi connectivity index (χ1) is 8.70. The molecule has 0 saturated carbocycles. The van der Waals surface area contributed by atoms with Crippen LogP contribution in [0.4, 0.5) is 0 Å². The second-order valence-electron chi connectivity index (χ2n) is 4.33. The average Bonchev–Trinajstić information content (AvgIpc) is 2.40. The molecule has 0 bridgehead atoms. The Hall–Kier alpha value is -1.94. The Kier molecular flexibility index (Phi) is 3.89. The molecule has 94 valence electrons. The van der Waals surface area contributed by atoms with E-state index in [1.807, 2.05) is 24.3 Å². The van der Waals surface area contributed by atoms with Gasteiger partial charge < -0.3 is 9.84 Å². The van der Waals surface area contributed by atoms with E-state index in [0.29, 0.717) is 17.5 Å². The highest BCUT2D eigenvalue weighted by molar-refractivity contribution is 5.37. The van der Waals surface area contributed by atoms with Gasteiger partial charge in [0, 0.05) is 18.0 Å². The minimum absolute atomic E-state index is 0.0666. The van der Waals surface area contributed by atoms with Gasteiger partial charge in [0.25, 0.3) is 0 Å². The maximum absolute atomic E-state index is 8.91. The zero-order chi connectivity index (χ0) is 13.0. The van der Waals surface area contributed by atoms with Gasteiger partial charge in [-0.3, -0.25) is 0 Å². The van der Waals surface area contributed by atoms with E-state index in [9.17, 15) is 0 Å². The minimum atomic E-state index is -0.0666. The molecule has 0 fully saturated rings. The van der Waals surface area contributed by atoms with Gasteiger partial charge in [-0.1, -0.05) is 32.0 Å². The average molecular weight is 244 g/mol. The second-order valence-corrected chi connectivity index (χ2v) is 4.33. The number of aromatic nitrogens is 2. The highest BCUT2D eigenvalue weighted by atomic mass is 16.5. The van der Waals surface area contributed by atoms with Crippen LogP contribution in [-0.4, -0.2) is 15.1 Å². The lowest BCUT2D eigenvalue weighted by atomic mass is 10.0. The van der Waals surface area contributed by atoms with Crippen LogP contribution in [0, 0.1) is 0 Å². The van der Waals surface area contributed by atoms with Crippen molar-refractivity contribution < 1.29 is 9.84 Å². The molecule has 0 spiro atoms. The minimum Gasteiger partial charge on any atom is -0.424 e. The van der Waals surface area contributed by atoms with Crippen LogP contribution in [0.15, 0.2) is 36.7 Å². The summed E-state index contributed by atoms with van der Waals surface area (Å²) in [5.41, 5.74) is 1.78. The molecule has 0 saturated heterocycles. The summed E-state index contributed by atoms with van der Waals surface area (Å²) in [4.78, 5) is 8.10. The lowest BCUT2D eigenvalue weighted by Gasteiger charge is -2.12. The third kappa shape index (κ3) is 2.84. The Morgan fingerprint density at radius 2 is 1.83 bits per heavy atom. The maximum atomic E-state index is 8.91. The van der Waals surface area contributed by atoms with Gasteiger partial charge in [0.2, 0.25) is 0 Å². The predicted molar refractivity (Wildman–Crippen MR) is 68.6 cm³/mol. The van der Waals surface area contributed by atoms with E-state index in [2.05, 4.69) is 23.8 Å². The number of para-hydroxylation sites is 1. The molecule has 1 heterocycles. The van der Waals surface area contributed by atoms with Crippen LogP contribution < -0.4 is 4.74 Å². The standard InChI is InChI=1S/C14H16N2O2/c1-10(2)12-5-3-4-6-13(12)18-14-15-7-11(9-17)8-16-14/h3-8,10,17H,9H2,1-2H3. The molecule has 4 heteroatoms. The summed E-state index contributed by atoms with van der Waals surface area (Å²) in [6.07, 6.45) is 3.11. The van der Waals surface area contributed by atoms with E-state index in [4.69, 9.17) is 9.84 Å². The van der Waals surface area contributed by atoms with Crippen LogP contribution in [0.2, 0.25) is 0 Å². The molecule has 18 heavy (non-hydrogen) atoms. The van der Waals surface area contributed by atoms with Crippen molar-refractivity contribution in [2.24, 2.45) is 0 Å².